The van der Waals surface area contributed by atoms with Gasteiger partial charge in [-0.2, -0.15) is 25.3 Å². The Morgan fingerprint density at radius 2 is 1.78 bits per heavy atom. The third kappa shape index (κ3) is 3.55. The topological polar surface area (TPSA) is 58.9 Å². The molecular weight excluding hydrogens is 268 g/mol. The first kappa shape index (κ1) is 13.5. The maximum absolute atomic E-state index is 11.9. The van der Waals surface area contributed by atoms with Gasteiger partial charge in [0.05, 0.1) is 10.9 Å². The lowest BCUT2D eigenvalue weighted by Crippen LogP contribution is -2.12. The molecule has 0 aromatic heterocycles. The van der Waals surface area contributed by atoms with E-state index in [1.165, 1.54) is 0 Å². The summed E-state index contributed by atoms with van der Waals surface area (Å²) in [5, 5.41) is 3.98. The Labute approximate surface area is 112 Å². The summed E-state index contributed by atoms with van der Waals surface area (Å²) in [6.45, 7) is 1.91. The van der Waals surface area contributed by atoms with Gasteiger partial charge in [0.2, 0.25) is 0 Å². The standard InChI is InChI=1S/C12H16N2O2S2/c1-10-2-4-12(5-3-10)18(15,16)14-13-11-6-8-17-9-7-11/h2-5,11H,6-9H2,1H3. The first-order chi connectivity index (χ1) is 8.58. The molecule has 0 N–H and O–H groups in total. The molecule has 0 atom stereocenters. The van der Waals surface area contributed by atoms with Crippen molar-refractivity contribution in [2.45, 2.75) is 30.7 Å². The predicted molar refractivity (Wildman–Crippen MR) is 73.6 cm³/mol. The smallest absolute Gasteiger partial charge is 0.198 e. The first-order valence-corrected chi connectivity index (χ1v) is 8.49. The third-order valence-electron chi connectivity index (χ3n) is 2.83. The molecule has 4 nitrogen and oxygen atoms in total. The molecule has 1 heterocycles. The molecule has 0 amide bonds. The van der Waals surface area contributed by atoms with Crippen molar-refractivity contribution in [3.8, 4) is 0 Å². The molecule has 1 aromatic rings. The van der Waals surface area contributed by atoms with E-state index < -0.39 is 10.0 Å². The molecule has 18 heavy (non-hydrogen) atoms. The van der Waals surface area contributed by atoms with Crippen molar-refractivity contribution in [2.24, 2.45) is 9.63 Å². The highest BCUT2D eigenvalue weighted by Gasteiger charge is 2.16. The molecule has 1 saturated heterocycles. The summed E-state index contributed by atoms with van der Waals surface area (Å²) < 4.78 is 27.4. The Hall–Kier alpha value is -0.880. The molecular formula is C12H16N2O2S2. The summed E-state index contributed by atoms with van der Waals surface area (Å²) in [5.74, 6) is 2.07. The average Bonchev–Trinajstić information content (AvgIpc) is 2.38. The summed E-state index contributed by atoms with van der Waals surface area (Å²) in [6, 6.07) is 6.73. The zero-order valence-corrected chi connectivity index (χ0v) is 11.9. The van der Waals surface area contributed by atoms with Crippen LogP contribution in [0.25, 0.3) is 0 Å². The summed E-state index contributed by atoms with van der Waals surface area (Å²) in [7, 11) is -3.62. The lowest BCUT2D eigenvalue weighted by Gasteiger charge is -2.15. The van der Waals surface area contributed by atoms with Crippen LogP contribution in [0.4, 0.5) is 0 Å². The number of sulfonamides is 1. The molecule has 1 fully saturated rings. The van der Waals surface area contributed by atoms with Crippen molar-refractivity contribution in [1.82, 2.24) is 0 Å². The number of hydrogen-bond acceptors (Lipinski definition) is 4. The molecule has 1 aromatic carbocycles. The van der Waals surface area contributed by atoms with Crippen LogP contribution in [-0.4, -0.2) is 26.0 Å². The first-order valence-electron chi connectivity index (χ1n) is 5.89. The van der Waals surface area contributed by atoms with E-state index >= 15 is 0 Å². The van der Waals surface area contributed by atoms with E-state index in [9.17, 15) is 8.42 Å². The lowest BCUT2D eigenvalue weighted by atomic mass is 10.2. The van der Waals surface area contributed by atoms with E-state index in [1.54, 1.807) is 24.3 Å². The monoisotopic (exact) mass is 284 g/mol. The molecule has 0 aliphatic carbocycles. The van der Waals surface area contributed by atoms with Crippen LogP contribution in [0.2, 0.25) is 0 Å². The Bertz CT molecular complexity index is 518. The minimum atomic E-state index is -3.62. The number of nitrogens with zero attached hydrogens (tertiary/aromatic N) is 2. The van der Waals surface area contributed by atoms with Gasteiger partial charge < -0.3 is 0 Å². The number of aryl methyl sites for hydroxylation is 1. The van der Waals surface area contributed by atoms with E-state index in [-0.39, 0.29) is 10.9 Å². The van der Waals surface area contributed by atoms with E-state index in [1.807, 2.05) is 18.7 Å². The van der Waals surface area contributed by atoms with E-state index in [0.717, 1.165) is 29.9 Å². The van der Waals surface area contributed by atoms with E-state index in [0.29, 0.717) is 0 Å². The zero-order valence-electron chi connectivity index (χ0n) is 10.2. The highest BCUT2D eigenvalue weighted by atomic mass is 32.2. The highest BCUT2D eigenvalue weighted by Crippen LogP contribution is 2.21. The van der Waals surface area contributed by atoms with Crippen LogP contribution in [0.1, 0.15) is 18.4 Å². The van der Waals surface area contributed by atoms with Gasteiger partial charge in [0.15, 0.2) is 0 Å². The van der Waals surface area contributed by atoms with E-state index in [2.05, 4.69) is 9.63 Å². The van der Waals surface area contributed by atoms with Crippen molar-refractivity contribution in [1.29, 1.82) is 0 Å². The Balaban J connectivity index is 2.11. The molecule has 0 unspecified atom stereocenters. The fourth-order valence-electron chi connectivity index (χ4n) is 1.69. The van der Waals surface area contributed by atoms with E-state index in [4.69, 9.17) is 0 Å². The molecule has 2 rings (SSSR count). The zero-order chi connectivity index (χ0) is 13.0. The molecule has 0 spiro atoms. The maximum Gasteiger partial charge on any atom is 0.299 e. The van der Waals surface area contributed by atoms with Crippen LogP contribution in [0.15, 0.2) is 38.8 Å². The number of thioether (sulfide) groups is 1. The second-order valence-electron chi connectivity index (χ2n) is 4.33. The van der Waals surface area contributed by atoms with Crippen LogP contribution >= 0.6 is 11.8 Å². The summed E-state index contributed by atoms with van der Waals surface area (Å²) in [6.07, 6.45) is 1.83. The van der Waals surface area contributed by atoms with Crippen LogP contribution in [0.3, 0.4) is 0 Å². The van der Waals surface area contributed by atoms with Crippen molar-refractivity contribution in [3.05, 3.63) is 29.8 Å². The minimum Gasteiger partial charge on any atom is -0.198 e. The molecule has 1 aliphatic rings. The lowest BCUT2D eigenvalue weighted by molar-refractivity contribution is 0.575. The second kappa shape index (κ2) is 5.84. The van der Waals surface area contributed by atoms with Gasteiger partial charge in [-0.1, -0.05) is 22.2 Å². The Morgan fingerprint density at radius 3 is 2.39 bits per heavy atom. The largest absolute Gasteiger partial charge is 0.299 e. The number of benzene rings is 1. The highest BCUT2D eigenvalue weighted by molar-refractivity contribution is 7.99. The van der Waals surface area contributed by atoms with Crippen LogP contribution in [-0.2, 0) is 10.0 Å². The summed E-state index contributed by atoms with van der Waals surface area (Å²) in [4.78, 5) is 0.210. The Kier molecular flexibility index (Phi) is 4.40. The number of hydrogen-bond donors (Lipinski definition) is 0. The normalized spacial score (nSPS) is 18.3. The summed E-state index contributed by atoms with van der Waals surface area (Å²) in [5.41, 5.74) is 1.02. The maximum atomic E-state index is 11.9. The van der Waals surface area contributed by atoms with Gasteiger partial charge in [0.1, 0.15) is 0 Å². The van der Waals surface area contributed by atoms with Gasteiger partial charge in [-0.05, 0) is 43.4 Å². The minimum absolute atomic E-state index is 0.0615. The fraction of sp³-hybridized carbons (Fsp3) is 0.500. The van der Waals surface area contributed by atoms with Gasteiger partial charge >= 0.3 is 0 Å². The van der Waals surface area contributed by atoms with Crippen LogP contribution in [0.5, 0.6) is 0 Å². The summed E-state index contributed by atoms with van der Waals surface area (Å²) >= 11 is 1.88. The van der Waals surface area contributed by atoms with Gasteiger partial charge in [0, 0.05) is 0 Å². The molecule has 1 aliphatic heterocycles. The fourth-order valence-corrected chi connectivity index (χ4v) is 3.60. The molecule has 0 bridgehead atoms. The van der Waals surface area contributed by atoms with Crippen LogP contribution < -0.4 is 0 Å². The van der Waals surface area contributed by atoms with Crippen molar-refractivity contribution in [3.63, 3.8) is 0 Å². The van der Waals surface area contributed by atoms with Crippen LogP contribution in [0, 0.1) is 6.92 Å². The third-order valence-corrected chi connectivity index (χ3v) is 5.05. The van der Waals surface area contributed by atoms with Gasteiger partial charge in [-0.15, -0.1) is 0 Å². The van der Waals surface area contributed by atoms with Crippen molar-refractivity contribution in [2.75, 3.05) is 11.5 Å². The van der Waals surface area contributed by atoms with Gasteiger partial charge in [-0.25, -0.2) is 0 Å². The quantitative estimate of drug-likeness (QED) is 0.802. The Morgan fingerprint density at radius 1 is 1.17 bits per heavy atom. The molecule has 98 valence electrons. The van der Waals surface area contributed by atoms with Gasteiger partial charge in [0.25, 0.3) is 10.0 Å². The molecule has 6 heteroatoms. The van der Waals surface area contributed by atoms with Crippen molar-refractivity contribution >= 4 is 21.8 Å². The molecule has 0 radical (unpaired) electrons. The number of rotatable bonds is 3. The van der Waals surface area contributed by atoms with Gasteiger partial charge in [-0.3, -0.25) is 0 Å². The predicted octanol–water partition coefficient (Wildman–Crippen LogP) is 3.03. The van der Waals surface area contributed by atoms with Crippen molar-refractivity contribution < 1.29 is 8.42 Å². The molecule has 0 saturated carbocycles. The SMILES string of the molecule is Cc1ccc(S(=O)(=O)N=NC2CCSCC2)cc1. The average molecular weight is 284 g/mol. The second-order valence-corrected chi connectivity index (χ2v) is 7.14.